The van der Waals surface area contributed by atoms with E-state index >= 15 is 0 Å². The molecule has 23 heavy (non-hydrogen) atoms. The Hall–Kier alpha value is -1.88. The number of aromatic nitrogens is 1. The molecule has 1 aromatic carbocycles. The fraction of sp³-hybridized carbons (Fsp3) is 0.444. The van der Waals surface area contributed by atoms with Crippen molar-refractivity contribution in [1.29, 1.82) is 0 Å². The van der Waals surface area contributed by atoms with Gasteiger partial charge in [0.1, 0.15) is 10.8 Å². The minimum atomic E-state index is -0.396. The maximum Gasteiger partial charge on any atom is 0.264 e. The van der Waals surface area contributed by atoms with E-state index in [-0.39, 0.29) is 5.91 Å². The molecule has 0 fully saturated rings. The molecule has 0 radical (unpaired) electrons. The lowest BCUT2D eigenvalue weighted by atomic mass is 10.0. The van der Waals surface area contributed by atoms with Gasteiger partial charge in [0.15, 0.2) is 6.10 Å². The topological polar surface area (TPSA) is 42.4 Å². The van der Waals surface area contributed by atoms with Gasteiger partial charge >= 0.3 is 0 Å². The first-order chi connectivity index (χ1) is 11.2. The summed E-state index contributed by atoms with van der Waals surface area (Å²) in [5.74, 6) is 0.873. The van der Waals surface area contributed by atoms with Crippen molar-refractivity contribution in [2.45, 2.75) is 44.8 Å². The summed E-state index contributed by atoms with van der Waals surface area (Å²) in [7, 11) is 1.84. The van der Waals surface area contributed by atoms with Crippen molar-refractivity contribution < 1.29 is 9.53 Å². The number of hydrogen-bond acceptors (Lipinski definition) is 4. The van der Waals surface area contributed by atoms with E-state index in [9.17, 15) is 4.79 Å². The second-order valence-electron chi connectivity index (χ2n) is 6.30. The van der Waals surface area contributed by atoms with Gasteiger partial charge in [-0.15, -0.1) is 11.3 Å². The summed E-state index contributed by atoms with van der Waals surface area (Å²) in [5.41, 5.74) is 2.37. The van der Waals surface area contributed by atoms with E-state index in [1.165, 1.54) is 23.4 Å². The number of carbonyl (C=O) groups is 1. The molecule has 1 amide bonds. The van der Waals surface area contributed by atoms with Gasteiger partial charge in [-0.05, 0) is 37.3 Å². The predicted octanol–water partition coefficient (Wildman–Crippen LogP) is 2.98. The van der Waals surface area contributed by atoms with Crippen LogP contribution in [0.4, 0.5) is 0 Å². The highest BCUT2D eigenvalue weighted by Crippen LogP contribution is 2.30. The molecular formula is C18H20N2O2S. The Bertz CT molecular complexity index is 692. The Balaban J connectivity index is 1.42. The third kappa shape index (κ3) is 2.85. The zero-order chi connectivity index (χ0) is 15.8. The molecule has 0 bridgehead atoms. The molecule has 120 valence electrons. The monoisotopic (exact) mass is 328 g/mol. The first kappa shape index (κ1) is 14.7. The molecule has 1 aromatic heterocycles. The summed E-state index contributed by atoms with van der Waals surface area (Å²) in [4.78, 5) is 20.5. The lowest BCUT2D eigenvalue weighted by Crippen LogP contribution is -2.38. The Kier molecular flexibility index (Phi) is 3.81. The van der Waals surface area contributed by atoms with E-state index in [2.05, 4.69) is 0 Å². The van der Waals surface area contributed by atoms with Crippen LogP contribution in [0.2, 0.25) is 0 Å². The van der Waals surface area contributed by atoms with Crippen LogP contribution in [0, 0.1) is 0 Å². The molecule has 0 saturated carbocycles. The van der Waals surface area contributed by atoms with Gasteiger partial charge in [-0.25, -0.2) is 4.98 Å². The summed E-state index contributed by atoms with van der Waals surface area (Å²) in [6.07, 6.45) is 4.99. The highest BCUT2D eigenvalue weighted by molar-refractivity contribution is 7.11. The van der Waals surface area contributed by atoms with Crippen molar-refractivity contribution in [3.8, 4) is 5.75 Å². The van der Waals surface area contributed by atoms with Crippen molar-refractivity contribution in [3.63, 3.8) is 0 Å². The number of likely N-dealkylation sites (N-methyl/N-ethyl adjacent to an activating group) is 1. The van der Waals surface area contributed by atoms with Gasteiger partial charge in [-0.1, -0.05) is 18.2 Å². The summed E-state index contributed by atoms with van der Waals surface area (Å²) in [6.45, 7) is 0.576. The maximum atomic E-state index is 12.6. The molecule has 2 aromatic rings. The summed E-state index contributed by atoms with van der Waals surface area (Å²) >= 11 is 1.77. The minimum absolute atomic E-state index is 0.0365. The first-order valence-electron chi connectivity index (χ1n) is 8.17. The largest absolute Gasteiger partial charge is 0.480 e. The smallest absolute Gasteiger partial charge is 0.264 e. The summed E-state index contributed by atoms with van der Waals surface area (Å²) < 4.78 is 5.80. The van der Waals surface area contributed by atoms with Crippen LogP contribution in [0.1, 0.15) is 34.0 Å². The quantitative estimate of drug-likeness (QED) is 0.870. The lowest BCUT2D eigenvalue weighted by Gasteiger charge is -2.19. The van der Waals surface area contributed by atoms with Crippen LogP contribution >= 0.6 is 11.3 Å². The highest BCUT2D eigenvalue weighted by Gasteiger charge is 2.31. The number of para-hydroxylation sites is 1. The van der Waals surface area contributed by atoms with Crippen LogP contribution in [0.3, 0.4) is 0 Å². The minimum Gasteiger partial charge on any atom is -0.480 e. The molecule has 1 aliphatic carbocycles. The molecule has 4 nitrogen and oxygen atoms in total. The van der Waals surface area contributed by atoms with Gasteiger partial charge in [-0.3, -0.25) is 4.79 Å². The van der Waals surface area contributed by atoms with Crippen molar-refractivity contribution >= 4 is 17.2 Å². The normalized spacial score (nSPS) is 18.9. The van der Waals surface area contributed by atoms with Crippen LogP contribution in [-0.4, -0.2) is 28.9 Å². The average Bonchev–Trinajstić information content (AvgIpc) is 3.16. The highest BCUT2D eigenvalue weighted by atomic mass is 32.1. The van der Waals surface area contributed by atoms with Gasteiger partial charge in [0.2, 0.25) is 0 Å². The van der Waals surface area contributed by atoms with Crippen LogP contribution in [0.15, 0.2) is 24.3 Å². The van der Waals surface area contributed by atoms with Crippen LogP contribution in [-0.2, 0) is 30.6 Å². The van der Waals surface area contributed by atoms with Gasteiger partial charge in [0.05, 0.1) is 12.2 Å². The number of fused-ring (bicyclic) bond motifs is 2. The number of hydrogen-bond donors (Lipinski definition) is 0. The van der Waals surface area contributed by atoms with E-state index < -0.39 is 6.10 Å². The molecule has 0 unspecified atom stereocenters. The number of benzene rings is 1. The van der Waals surface area contributed by atoms with E-state index in [0.29, 0.717) is 13.0 Å². The van der Waals surface area contributed by atoms with Crippen LogP contribution < -0.4 is 4.74 Å². The Morgan fingerprint density at radius 3 is 3.00 bits per heavy atom. The van der Waals surface area contributed by atoms with E-state index in [4.69, 9.17) is 9.72 Å². The zero-order valence-electron chi connectivity index (χ0n) is 13.2. The van der Waals surface area contributed by atoms with Crippen molar-refractivity contribution in [3.05, 3.63) is 45.4 Å². The third-order valence-corrected chi connectivity index (χ3v) is 5.70. The number of rotatable bonds is 3. The van der Waals surface area contributed by atoms with E-state index in [1.807, 2.05) is 31.3 Å². The summed E-state index contributed by atoms with van der Waals surface area (Å²) in [5, 5.41) is 1.04. The van der Waals surface area contributed by atoms with E-state index in [1.54, 1.807) is 16.2 Å². The number of ether oxygens (including phenoxy) is 1. The standard InChI is InChI=1S/C18H20N2O2S/c1-20(11-17-19-13-7-3-5-9-16(13)23-17)18(21)15-10-12-6-2-4-8-14(12)22-15/h2,4,6,8,15H,3,5,7,9-11H2,1H3/t15-/m1/s1. The number of thiazole rings is 1. The Labute approximate surface area is 140 Å². The van der Waals surface area contributed by atoms with Crippen LogP contribution in [0.5, 0.6) is 5.75 Å². The number of nitrogens with zero attached hydrogens (tertiary/aromatic N) is 2. The SMILES string of the molecule is CN(Cc1nc2c(s1)CCCC2)C(=O)[C@H]1Cc2ccccc2O1. The van der Waals surface area contributed by atoms with E-state index in [0.717, 1.165) is 29.2 Å². The second kappa shape index (κ2) is 5.96. The molecule has 0 spiro atoms. The molecule has 2 heterocycles. The molecule has 4 rings (SSSR count). The second-order valence-corrected chi connectivity index (χ2v) is 7.47. The van der Waals surface area contributed by atoms with Crippen molar-refractivity contribution in [2.24, 2.45) is 0 Å². The first-order valence-corrected chi connectivity index (χ1v) is 8.99. The Morgan fingerprint density at radius 1 is 1.35 bits per heavy atom. The zero-order valence-corrected chi connectivity index (χ0v) is 14.1. The van der Waals surface area contributed by atoms with Gasteiger partial charge in [-0.2, -0.15) is 0 Å². The molecule has 0 saturated heterocycles. The predicted molar refractivity (Wildman–Crippen MR) is 89.8 cm³/mol. The van der Waals surface area contributed by atoms with Gasteiger partial charge in [0.25, 0.3) is 5.91 Å². The number of amides is 1. The molecule has 2 aliphatic rings. The van der Waals surface area contributed by atoms with Crippen molar-refractivity contribution in [1.82, 2.24) is 9.88 Å². The van der Waals surface area contributed by atoms with Crippen molar-refractivity contribution in [2.75, 3.05) is 7.05 Å². The van der Waals surface area contributed by atoms with Gasteiger partial charge in [0, 0.05) is 18.3 Å². The molecule has 1 aliphatic heterocycles. The average molecular weight is 328 g/mol. The summed E-state index contributed by atoms with van der Waals surface area (Å²) in [6, 6.07) is 7.88. The number of aryl methyl sites for hydroxylation is 2. The molecular weight excluding hydrogens is 308 g/mol. The molecule has 1 atom stereocenters. The number of carbonyl (C=O) groups excluding carboxylic acids is 1. The lowest BCUT2D eigenvalue weighted by molar-refractivity contribution is -0.137. The molecule has 5 heteroatoms. The maximum absolute atomic E-state index is 12.6. The fourth-order valence-electron chi connectivity index (χ4n) is 3.32. The molecule has 0 N–H and O–H groups in total. The Morgan fingerprint density at radius 2 is 2.17 bits per heavy atom. The van der Waals surface area contributed by atoms with Crippen LogP contribution in [0.25, 0.3) is 0 Å². The van der Waals surface area contributed by atoms with Gasteiger partial charge < -0.3 is 9.64 Å². The fourth-order valence-corrected chi connectivity index (χ4v) is 4.53. The third-order valence-electron chi connectivity index (χ3n) is 4.56.